The van der Waals surface area contributed by atoms with Crippen LogP contribution in [0.5, 0.6) is 11.5 Å². The summed E-state index contributed by atoms with van der Waals surface area (Å²) >= 11 is 0. The van der Waals surface area contributed by atoms with Gasteiger partial charge >= 0.3 is 0 Å². The first-order valence-corrected chi connectivity index (χ1v) is 5.55. The summed E-state index contributed by atoms with van der Waals surface area (Å²) < 4.78 is 10.4. The number of nitrogens with two attached hydrogens (primary N) is 1. The minimum atomic E-state index is 0.388. The zero-order valence-electron chi connectivity index (χ0n) is 10.1. The van der Waals surface area contributed by atoms with Crippen molar-refractivity contribution in [1.29, 1.82) is 0 Å². The van der Waals surface area contributed by atoms with Crippen molar-refractivity contribution in [2.75, 3.05) is 19.5 Å². The van der Waals surface area contributed by atoms with Gasteiger partial charge in [-0.15, -0.1) is 0 Å². The lowest BCUT2D eigenvalue weighted by atomic mass is 10.2. The highest BCUT2D eigenvalue weighted by Gasteiger charge is 2.20. The minimum Gasteiger partial charge on any atom is -0.497 e. The fourth-order valence-corrected chi connectivity index (χ4v) is 1.48. The first-order chi connectivity index (χ1) is 8.22. The van der Waals surface area contributed by atoms with Gasteiger partial charge in [-0.3, -0.25) is 0 Å². The summed E-state index contributed by atoms with van der Waals surface area (Å²) in [4.78, 5) is 4.30. The predicted molar refractivity (Wildman–Crippen MR) is 67.8 cm³/mol. The number of ether oxygens (including phenoxy) is 2. The maximum Gasteiger partial charge on any atom is 0.193 e. The number of hydrogen-bond acceptors (Lipinski definition) is 3. The lowest BCUT2D eigenvalue weighted by molar-refractivity contribution is 0.405. The normalized spacial score (nSPS) is 15.5. The van der Waals surface area contributed by atoms with Crippen molar-refractivity contribution in [1.82, 2.24) is 0 Å². The van der Waals surface area contributed by atoms with Gasteiger partial charge in [-0.25, -0.2) is 4.99 Å². The van der Waals surface area contributed by atoms with Crippen molar-refractivity contribution in [3.05, 3.63) is 18.2 Å². The van der Waals surface area contributed by atoms with Gasteiger partial charge in [-0.1, -0.05) is 0 Å². The maximum atomic E-state index is 5.80. The molecule has 17 heavy (non-hydrogen) atoms. The lowest BCUT2D eigenvalue weighted by Crippen LogP contribution is -2.23. The molecular formula is C12H17N3O2. The number of benzene rings is 1. The molecule has 0 heterocycles. The molecule has 0 saturated heterocycles. The summed E-state index contributed by atoms with van der Waals surface area (Å²) in [5.41, 5.74) is 6.56. The molecule has 0 aliphatic heterocycles. The zero-order chi connectivity index (χ0) is 12.3. The highest BCUT2D eigenvalue weighted by atomic mass is 16.5. The Bertz CT molecular complexity index is 428. The SMILES string of the molecule is COc1ccc(OC)c(NC(N)=NC2CC2)c1. The van der Waals surface area contributed by atoms with Gasteiger partial charge in [0, 0.05) is 6.07 Å². The van der Waals surface area contributed by atoms with Crippen LogP contribution in [0.15, 0.2) is 23.2 Å². The van der Waals surface area contributed by atoms with E-state index in [1.165, 1.54) is 0 Å². The van der Waals surface area contributed by atoms with Gasteiger partial charge in [0.05, 0.1) is 25.9 Å². The van der Waals surface area contributed by atoms with Crippen LogP contribution in [0.3, 0.4) is 0 Å². The van der Waals surface area contributed by atoms with Crippen LogP contribution >= 0.6 is 0 Å². The molecule has 92 valence electrons. The van der Waals surface area contributed by atoms with E-state index in [-0.39, 0.29) is 0 Å². The fourth-order valence-electron chi connectivity index (χ4n) is 1.48. The van der Waals surface area contributed by atoms with Crippen molar-refractivity contribution in [2.45, 2.75) is 18.9 Å². The Morgan fingerprint density at radius 2 is 2.12 bits per heavy atom. The second-order valence-electron chi connectivity index (χ2n) is 3.94. The first kappa shape index (κ1) is 11.6. The van der Waals surface area contributed by atoms with Crippen LogP contribution in [0, 0.1) is 0 Å². The second-order valence-corrected chi connectivity index (χ2v) is 3.94. The molecule has 0 bridgehead atoms. The molecule has 0 spiro atoms. The van der Waals surface area contributed by atoms with Crippen LogP contribution in [-0.4, -0.2) is 26.2 Å². The Kier molecular flexibility index (Phi) is 3.37. The molecule has 0 amide bonds. The van der Waals surface area contributed by atoms with Gasteiger partial charge in [0.1, 0.15) is 11.5 Å². The molecule has 5 nitrogen and oxygen atoms in total. The molecule has 1 aliphatic rings. The molecule has 5 heteroatoms. The molecule has 0 radical (unpaired) electrons. The molecular weight excluding hydrogens is 218 g/mol. The third-order valence-electron chi connectivity index (χ3n) is 2.54. The first-order valence-electron chi connectivity index (χ1n) is 5.55. The number of anilines is 1. The Balaban J connectivity index is 2.16. The summed E-state index contributed by atoms with van der Waals surface area (Å²) in [6, 6.07) is 5.87. The van der Waals surface area contributed by atoms with Gasteiger partial charge in [0.15, 0.2) is 5.96 Å². The summed E-state index contributed by atoms with van der Waals surface area (Å²) in [5, 5.41) is 3.03. The molecule has 1 saturated carbocycles. The van der Waals surface area contributed by atoms with Crippen LogP contribution in [0.25, 0.3) is 0 Å². The standard InChI is InChI=1S/C12H17N3O2/c1-16-9-5-6-11(17-2)10(7-9)15-12(13)14-8-3-4-8/h5-8H,3-4H2,1-2H3,(H3,13,14,15). The molecule has 1 aromatic rings. The number of nitrogens with zero attached hydrogens (tertiary/aromatic N) is 1. The number of aliphatic imine (C=N–C) groups is 1. The van der Waals surface area contributed by atoms with Crippen LogP contribution in [-0.2, 0) is 0 Å². The van der Waals surface area contributed by atoms with Crippen LogP contribution in [0.1, 0.15) is 12.8 Å². The van der Waals surface area contributed by atoms with Gasteiger partial charge in [0.25, 0.3) is 0 Å². The number of rotatable bonds is 4. The molecule has 0 unspecified atom stereocenters. The van der Waals surface area contributed by atoms with Crippen LogP contribution < -0.4 is 20.5 Å². The molecule has 0 atom stereocenters. The van der Waals surface area contributed by atoms with Crippen LogP contribution in [0.2, 0.25) is 0 Å². The Labute approximate surface area is 101 Å². The predicted octanol–water partition coefficient (Wildman–Crippen LogP) is 1.59. The molecule has 2 rings (SSSR count). The average Bonchev–Trinajstić information content (AvgIpc) is 3.12. The maximum absolute atomic E-state index is 5.80. The van der Waals surface area contributed by atoms with Gasteiger partial charge in [-0.05, 0) is 25.0 Å². The molecule has 1 aromatic carbocycles. The number of guanidine groups is 1. The third-order valence-corrected chi connectivity index (χ3v) is 2.54. The Morgan fingerprint density at radius 3 is 2.71 bits per heavy atom. The van der Waals surface area contributed by atoms with Gasteiger partial charge in [-0.2, -0.15) is 0 Å². The van der Waals surface area contributed by atoms with E-state index in [1.807, 2.05) is 18.2 Å². The monoisotopic (exact) mass is 235 g/mol. The van der Waals surface area contributed by atoms with Crippen molar-refractivity contribution in [2.24, 2.45) is 10.7 Å². The number of hydrogen-bond donors (Lipinski definition) is 2. The topological polar surface area (TPSA) is 68.9 Å². The molecule has 1 aliphatic carbocycles. The van der Waals surface area contributed by atoms with E-state index in [0.29, 0.717) is 17.8 Å². The van der Waals surface area contributed by atoms with Crippen molar-refractivity contribution in [3.63, 3.8) is 0 Å². The van der Waals surface area contributed by atoms with E-state index >= 15 is 0 Å². The highest BCUT2D eigenvalue weighted by molar-refractivity contribution is 5.94. The Hall–Kier alpha value is -1.91. The van der Waals surface area contributed by atoms with Crippen molar-refractivity contribution in [3.8, 4) is 11.5 Å². The largest absolute Gasteiger partial charge is 0.497 e. The third kappa shape index (κ3) is 3.03. The van der Waals surface area contributed by atoms with E-state index in [4.69, 9.17) is 15.2 Å². The van der Waals surface area contributed by atoms with E-state index in [0.717, 1.165) is 24.3 Å². The van der Waals surface area contributed by atoms with Gasteiger partial charge < -0.3 is 20.5 Å². The van der Waals surface area contributed by atoms with Crippen molar-refractivity contribution < 1.29 is 9.47 Å². The number of nitrogens with one attached hydrogen (secondary N) is 1. The molecule has 0 aromatic heterocycles. The van der Waals surface area contributed by atoms with Crippen molar-refractivity contribution >= 4 is 11.6 Å². The van der Waals surface area contributed by atoms with E-state index in [9.17, 15) is 0 Å². The smallest absolute Gasteiger partial charge is 0.193 e. The summed E-state index contributed by atoms with van der Waals surface area (Å²) in [6.45, 7) is 0. The molecule has 3 N–H and O–H groups in total. The summed E-state index contributed by atoms with van der Waals surface area (Å²) in [7, 11) is 3.23. The summed E-state index contributed by atoms with van der Waals surface area (Å²) in [5.74, 6) is 1.87. The highest BCUT2D eigenvalue weighted by Crippen LogP contribution is 2.29. The summed E-state index contributed by atoms with van der Waals surface area (Å²) in [6.07, 6.45) is 2.25. The zero-order valence-corrected chi connectivity index (χ0v) is 10.1. The minimum absolute atomic E-state index is 0.388. The lowest BCUT2D eigenvalue weighted by Gasteiger charge is -2.11. The quantitative estimate of drug-likeness (QED) is 0.614. The van der Waals surface area contributed by atoms with E-state index in [2.05, 4.69) is 10.3 Å². The Morgan fingerprint density at radius 1 is 1.35 bits per heavy atom. The molecule has 1 fully saturated rings. The van der Waals surface area contributed by atoms with E-state index in [1.54, 1.807) is 14.2 Å². The number of methoxy groups -OCH3 is 2. The second kappa shape index (κ2) is 4.95. The van der Waals surface area contributed by atoms with E-state index < -0.39 is 0 Å². The fraction of sp³-hybridized carbons (Fsp3) is 0.417. The van der Waals surface area contributed by atoms with Crippen LogP contribution in [0.4, 0.5) is 5.69 Å². The average molecular weight is 235 g/mol. The van der Waals surface area contributed by atoms with Gasteiger partial charge in [0.2, 0.25) is 0 Å².